The number of hydrogen-bond donors (Lipinski definition) is 1. The summed E-state index contributed by atoms with van der Waals surface area (Å²) in [6.45, 7) is 9.00. The minimum atomic E-state index is -1.17. The first-order valence-electron chi connectivity index (χ1n) is 10.9. The highest BCUT2D eigenvalue weighted by molar-refractivity contribution is 5.62. The number of aromatic nitrogens is 6. The Balaban J connectivity index is 1.73. The van der Waals surface area contributed by atoms with Crippen LogP contribution in [0, 0.1) is 20.8 Å². The van der Waals surface area contributed by atoms with Crippen LogP contribution in [0.3, 0.4) is 0 Å². The van der Waals surface area contributed by atoms with Crippen molar-refractivity contribution in [3.8, 4) is 22.7 Å². The second-order valence-electron chi connectivity index (χ2n) is 8.84. The fourth-order valence-electron chi connectivity index (χ4n) is 3.64. The van der Waals surface area contributed by atoms with Gasteiger partial charge in [0.05, 0.1) is 28.3 Å². The van der Waals surface area contributed by atoms with Gasteiger partial charge in [0.2, 0.25) is 0 Å². The zero-order chi connectivity index (χ0) is 24.6. The molecule has 0 aliphatic heterocycles. The number of pyridine rings is 2. The van der Waals surface area contributed by atoms with Gasteiger partial charge in [-0.25, -0.2) is 9.97 Å². The summed E-state index contributed by atoms with van der Waals surface area (Å²) in [5.41, 5.74) is 3.32. The van der Waals surface area contributed by atoms with E-state index in [0.717, 1.165) is 5.69 Å². The number of rotatable bonds is 6. The number of aliphatic hydroxyl groups is 1. The summed E-state index contributed by atoms with van der Waals surface area (Å²) in [4.78, 5) is 26.6. The number of ether oxygens (including phenoxy) is 1. The SMILES string of the molecule is Cc1ncc(-c2ccnc(C(C)(C)O)n2)cc1-n1c(C)cc(OCc2ccn(C)n2)c(C)c1=O. The molecule has 4 aromatic heterocycles. The largest absolute Gasteiger partial charge is 0.487 e. The maximum atomic E-state index is 13.4. The van der Waals surface area contributed by atoms with E-state index in [2.05, 4.69) is 20.1 Å². The van der Waals surface area contributed by atoms with Crippen LogP contribution in [0.25, 0.3) is 16.9 Å². The van der Waals surface area contributed by atoms with E-state index < -0.39 is 5.60 Å². The maximum absolute atomic E-state index is 13.4. The molecule has 0 aromatic carbocycles. The van der Waals surface area contributed by atoms with Crippen LogP contribution in [-0.2, 0) is 19.3 Å². The molecule has 0 aliphatic rings. The van der Waals surface area contributed by atoms with Gasteiger partial charge in [0.1, 0.15) is 18.0 Å². The van der Waals surface area contributed by atoms with Gasteiger partial charge in [0, 0.05) is 43.0 Å². The molecule has 0 spiro atoms. The molecule has 0 aliphatic carbocycles. The third-order valence-electron chi connectivity index (χ3n) is 5.53. The number of aryl methyl sites for hydroxylation is 3. The van der Waals surface area contributed by atoms with Gasteiger partial charge in [-0.05, 0) is 52.8 Å². The molecule has 0 unspecified atom stereocenters. The molecule has 4 aromatic rings. The second kappa shape index (κ2) is 8.83. The summed E-state index contributed by atoms with van der Waals surface area (Å²) in [6, 6.07) is 7.35. The fourth-order valence-corrected chi connectivity index (χ4v) is 3.64. The molecule has 0 atom stereocenters. The molecular weight excluding hydrogens is 432 g/mol. The summed E-state index contributed by atoms with van der Waals surface area (Å²) in [6.07, 6.45) is 5.15. The van der Waals surface area contributed by atoms with Crippen molar-refractivity contribution >= 4 is 0 Å². The zero-order valence-electron chi connectivity index (χ0n) is 20.2. The highest BCUT2D eigenvalue weighted by Gasteiger charge is 2.21. The second-order valence-corrected chi connectivity index (χ2v) is 8.84. The van der Waals surface area contributed by atoms with E-state index in [1.54, 1.807) is 48.5 Å². The summed E-state index contributed by atoms with van der Waals surface area (Å²) in [5.74, 6) is 0.836. The van der Waals surface area contributed by atoms with E-state index in [1.165, 1.54) is 0 Å². The molecule has 0 saturated heterocycles. The molecule has 9 heteroatoms. The fraction of sp³-hybridized carbons (Fsp3) is 0.320. The number of nitrogens with zero attached hydrogens (tertiary/aromatic N) is 6. The molecule has 0 amide bonds. The van der Waals surface area contributed by atoms with Crippen molar-refractivity contribution in [2.75, 3.05) is 0 Å². The smallest absolute Gasteiger partial charge is 0.261 e. The predicted octanol–water partition coefficient (Wildman–Crippen LogP) is 3.15. The van der Waals surface area contributed by atoms with Crippen molar-refractivity contribution in [2.45, 2.75) is 46.8 Å². The van der Waals surface area contributed by atoms with Crippen LogP contribution >= 0.6 is 0 Å². The predicted molar refractivity (Wildman–Crippen MR) is 128 cm³/mol. The van der Waals surface area contributed by atoms with E-state index in [-0.39, 0.29) is 12.2 Å². The minimum Gasteiger partial charge on any atom is -0.487 e. The van der Waals surface area contributed by atoms with Crippen LogP contribution in [0.1, 0.15) is 42.3 Å². The first kappa shape index (κ1) is 23.3. The Bertz CT molecular complexity index is 1420. The molecular formula is C25H28N6O3. The molecule has 4 rings (SSSR count). The lowest BCUT2D eigenvalue weighted by atomic mass is 10.1. The molecule has 0 radical (unpaired) electrons. The van der Waals surface area contributed by atoms with Gasteiger partial charge in [-0.15, -0.1) is 0 Å². The summed E-state index contributed by atoms with van der Waals surface area (Å²) >= 11 is 0. The van der Waals surface area contributed by atoms with Crippen molar-refractivity contribution < 1.29 is 9.84 Å². The van der Waals surface area contributed by atoms with Crippen molar-refractivity contribution in [1.82, 2.24) is 29.3 Å². The molecule has 0 bridgehead atoms. The van der Waals surface area contributed by atoms with Crippen molar-refractivity contribution in [3.63, 3.8) is 0 Å². The van der Waals surface area contributed by atoms with Crippen LogP contribution in [0.5, 0.6) is 5.75 Å². The van der Waals surface area contributed by atoms with Crippen molar-refractivity contribution in [2.24, 2.45) is 7.05 Å². The average Bonchev–Trinajstić information content (AvgIpc) is 3.21. The Morgan fingerprint density at radius 2 is 1.88 bits per heavy atom. The molecule has 1 N–H and O–H groups in total. The first-order valence-corrected chi connectivity index (χ1v) is 10.9. The Hall–Kier alpha value is -3.85. The zero-order valence-corrected chi connectivity index (χ0v) is 20.2. The van der Waals surface area contributed by atoms with Gasteiger partial charge < -0.3 is 9.84 Å². The Kier molecular flexibility index (Phi) is 6.05. The molecule has 34 heavy (non-hydrogen) atoms. The van der Waals surface area contributed by atoms with Crippen molar-refractivity contribution in [1.29, 1.82) is 0 Å². The van der Waals surface area contributed by atoms with Gasteiger partial charge in [0.15, 0.2) is 5.82 Å². The van der Waals surface area contributed by atoms with Crippen LogP contribution in [-0.4, -0.2) is 34.4 Å². The molecule has 0 fully saturated rings. The average molecular weight is 461 g/mol. The van der Waals surface area contributed by atoms with Gasteiger partial charge in [0.25, 0.3) is 5.56 Å². The van der Waals surface area contributed by atoms with Crippen LogP contribution in [0.15, 0.2) is 47.7 Å². The van der Waals surface area contributed by atoms with Gasteiger partial charge in [-0.3, -0.25) is 19.0 Å². The lowest BCUT2D eigenvalue weighted by molar-refractivity contribution is 0.0688. The number of hydrogen-bond acceptors (Lipinski definition) is 7. The lowest BCUT2D eigenvalue weighted by Crippen LogP contribution is -2.24. The lowest BCUT2D eigenvalue weighted by Gasteiger charge is -2.18. The normalized spacial score (nSPS) is 11.6. The minimum absolute atomic E-state index is 0.182. The standard InChI is InChI=1S/C25H28N6O3/c1-15-11-22(34-14-19-8-10-30(6)29-19)16(2)23(32)31(15)21-12-18(13-27-17(21)3)20-7-9-26-24(28-20)25(4,5)33/h7-13,33H,14H2,1-6H3. The Morgan fingerprint density at radius 3 is 2.56 bits per heavy atom. The van der Waals surface area contributed by atoms with Crippen LogP contribution < -0.4 is 10.3 Å². The van der Waals surface area contributed by atoms with Gasteiger partial charge in [-0.1, -0.05) is 0 Å². The Labute approximate surface area is 197 Å². The van der Waals surface area contributed by atoms with E-state index in [4.69, 9.17) is 4.74 Å². The van der Waals surface area contributed by atoms with Crippen LogP contribution in [0.4, 0.5) is 0 Å². The van der Waals surface area contributed by atoms with Crippen molar-refractivity contribution in [3.05, 3.63) is 81.7 Å². The maximum Gasteiger partial charge on any atom is 0.261 e. The highest BCUT2D eigenvalue weighted by Crippen LogP contribution is 2.25. The molecule has 0 saturated carbocycles. The molecule has 9 nitrogen and oxygen atoms in total. The summed E-state index contributed by atoms with van der Waals surface area (Å²) in [7, 11) is 1.84. The van der Waals surface area contributed by atoms with Gasteiger partial charge >= 0.3 is 0 Å². The third-order valence-corrected chi connectivity index (χ3v) is 5.53. The summed E-state index contributed by atoms with van der Waals surface area (Å²) in [5, 5.41) is 14.6. The van der Waals surface area contributed by atoms with E-state index in [1.807, 2.05) is 45.3 Å². The van der Waals surface area contributed by atoms with E-state index in [9.17, 15) is 9.90 Å². The third kappa shape index (κ3) is 4.60. The monoisotopic (exact) mass is 460 g/mol. The Morgan fingerprint density at radius 1 is 1.12 bits per heavy atom. The van der Waals surface area contributed by atoms with Crippen LogP contribution in [0.2, 0.25) is 0 Å². The van der Waals surface area contributed by atoms with Gasteiger partial charge in [-0.2, -0.15) is 5.10 Å². The topological polar surface area (TPSA) is 108 Å². The molecule has 176 valence electrons. The molecule has 4 heterocycles. The first-order chi connectivity index (χ1) is 16.0. The van der Waals surface area contributed by atoms with E-state index in [0.29, 0.717) is 45.5 Å². The highest BCUT2D eigenvalue weighted by atomic mass is 16.5. The quantitative estimate of drug-likeness (QED) is 0.471. The van der Waals surface area contributed by atoms with E-state index >= 15 is 0 Å². The summed E-state index contributed by atoms with van der Waals surface area (Å²) < 4.78 is 9.25.